The van der Waals surface area contributed by atoms with Crippen molar-refractivity contribution >= 4 is 16.9 Å². The third kappa shape index (κ3) is 3.12. The van der Waals surface area contributed by atoms with Crippen LogP contribution in [-0.4, -0.2) is 14.5 Å². The highest BCUT2D eigenvalue weighted by Gasteiger charge is 2.08. The first kappa shape index (κ1) is 12.7. The molecule has 1 unspecified atom stereocenters. The van der Waals surface area contributed by atoms with Gasteiger partial charge in [-0.15, -0.1) is 0 Å². The van der Waals surface area contributed by atoms with E-state index in [9.17, 15) is 9.00 Å². The van der Waals surface area contributed by atoms with Gasteiger partial charge < -0.3 is 4.55 Å². The number of hydrogen-bond acceptors (Lipinski definition) is 2. The lowest BCUT2D eigenvalue weighted by Crippen LogP contribution is -2.01. The van der Waals surface area contributed by atoms with Crippen molar-refractivity contribution in [3.05, 3.63) is 71.3 Å². The van der Waals surface area contributed by atoms with Crippen molar-refractivity contribution in [1.82, 2.24) is 0 Å². The van der Waals surface area contributed by atoms with Gasteiger partial charge in [0, 0.05) is 11.1 Å². The Balaban J connectivity index is 2.20. The van der Waals surface area contributed by atoms with Crippen molar-refractivity contribution in [2.45, 2.75) is 5.75 Å². The molecule has 0 aliphatic carbocycles. The molecule has 92 valence electrons. The molecule has 0 saturated heterocycles. The van der Waals surface area contributed by atoms with Crippen molar-refractivity contribution in [2.24, 2.45) is 0 Å². The zero-order chi connectivity index (χ0) is 13.0. The van der Waals surface area contributed by atoms with Gasteiger partial charge in [-0.25, -0.2) is 4.21 Å². The van der Waals surface area contributed by atoms with E-state index in [0.29, 0.717) is 11.1 Å². The van der Waals surface area contributed by atoms with Crippen LogP contribution in [0.15, 0.2) is 54.6 Å². The van der Waals surface area contributed by atoms with Crippen LogP contribution in [0.3, 0.4) is 0 Å². The average molecular weight is 260 g/mol. The van der Waals surface area contributed by atoms with E-state index in [1.165, 1.54) is 0 Å². The van der Waals surface area contributed by atoms with Crippen LogP contribution in [0.25, 0.3) is 0 Å². The predicted octanol–water partition coefficient (Wildman–Crippen LogP) is 2.64. The molecule has 0 spiro atoms. The van der Waals surface area contributed by atoms with Crippen molar-refractivity contribution < 1.29 is 13.6 Å². The summed E-state index contributed by atoms with van der Waals surface area (Å²) in [6.45, 7) is 0. The Morgan fingerprint density at radius 1 is 0.944 bits per heavy atom. The molecule has 0 amide bonds. The van der Waals surface area contributed by atoms with Crippen LogP contribution in [0.2, 0.25) is 0 Å². The number of benzene rings is 2. The molecule has 0 radical (unpaired) electrons. The summed E-state index contributed by atoms with van der Waals surface area (Å²) in [5.74, 6) is 0.0343. The van der Waals surface area contributed by atoms with E-state index in [1.54, 1.807) is 36.4 Å². The Kier molecular flexibility index (Phi) is 4.02. The van der Waals surface area contributed by atoms with E-state index in [0.717, 1.165) is 5.56 Å². The highest BCUT2D eigenvalue weighted by molar-refractivity contribution is 7.78. The molecular formula is C14H12O3S. The topological polar surface area (TPSA) is 54.4 Å². The van der Waals surface area contributed by atoms with E-state index < -0.39 is 11.1 Å². The minimum atomic E-state index is -1.85. The number of hydrogen-bond donors (Lipinski definition) is 1. The lowest BCUT2D eigenvalue weighted by Gasteiger charge is -2.02. The van der Waals surface area contributed by atoms with Gasteiger partial charge in [0.15, 0.2) is 16.9 Å². The van der Waals surface area contributed by atoms with Crippen LogP contribution in [0.5, 0.6) is 0 Å². The van der Waals surface area contributed by atoms with Crippen LogP contribution >= 0.6 is 0 Å². The van der Waals surface area contributed by atoms with Crippen LogP contribution in [0.1, 0.15) is 21.5 Å². The van der Waals surface area contributed by atoms with Gasteiger partial charge in [-0.3, -0.25) is 4.79 Å². The fraction of sp³-hybridized carbons (Fsp3) is 0.0714. The second-order valence-corrected chi connectivity index (χ2v) is 4.79. The molecule has 2 aromatic carbocycles. The normalized spacial score (nSPS) is 12.1. The minimum Gasteiger partial charge on any atom is -0.306 e. The van der Waals surface area contributed by atoms with Gasteiger partial charge in [0.05, 0.1) is 5.75 Å². The quantitative estimate of drug-likeness (QED) is 0.679. The molecule has 0 heterocycles. The summed E-state index contributed by atoms with van der Waals surface area (Å²) in [5, 5.41) is 0. The Bertz CT molecular complexity index is 561. The van der Waals surface area contributed by atoms with Crippen molar-refractivity contribution in [2.75, 3.05) is 0 Å². The first-order valence-electron chi connectivity index (χ1n) is 5.43. The molecule has 1 atom stereocenters. The van der Waals surface area contributed by atoms with Gasteiger partial charge in [0.2, 0.25) is 0 Å². The van der Waals surface area contributed by atoms with Gasteiger partial charge in [0.1, 0.15) is 0 Å². The molecule has 1 N–H and O–H groups in total. The average Bonchev–Trinajstić information content (AvgIpc) is 2.39. The Hall–Kier alpha value is -1.78. The van der Waals surface area contributed by atoms with Crippen molar-refractivity contribution in [3.8, 4) is 0 Å². The zero-order valence-corrected chi connectivity index (χ0v) is 10.4. The van der Waals surface area contributed by atoms with Gasteiger partial charge in [-0.05, 0) is 5.56 Å². The lowest BCUT2D eigenvalue weighted by atomic mass is 10.0. The molecular weight excluding hydrogens is 248 g/mol. The number of rotatable bonds is 4. The van der Waals surface area contributed by atoms with Crippen molar-refractivity contribution in [3.63, 3.8) is 0 Å². The molecule has 4 heteroatoms. The summed E-state index contributed by atoms with van der Waals surface area (Å²) < 4.78 is 19.4. The second kappa shape index (κ2) is 5.71. The smallest absolute Gasteiger partial charge is 0.193 e. The zero-order valence-electron chi connectivity index (χ0n) is 9.58. The monoisotopic (exact) mass is 260 g/mol. The molecule has 2 rings (SSSR count). The second-order valence-electron chi connectivity index (χ2n) is 3.86. The summed E-state index contributed by atoms with van der Waals surface area (Å²) >= 11 is -1.85. The summed E-state index contributed by atoms with van der Waals surface area (Å²) in [4.78, 5) is 12.1. The van der Waals surface area contributed by atoms with Crippen LogP contribution in [-0.2, 0) is 16.8 Å². The number of ketones is 1. The maximum atomic E-state index is 12.1. The maximum absolute atomic E-state index is 12.1. The predicted molar refractivity (Wildman–Crippen MR) is 70.8 cm³/mol. The molecule has 3 nitrogen and oxygen atoms in total. The summed E-state index contributed by atoms with van der Waals surface area (Å²) in [7, 11) is 0. The molecule has 0 aliphatic rings. The van der Waals surface area contributed by atoms with E-state index in [1.807, 2.05) is 18.2 Å². The third-order valence-electron chi connectivity index (χ3n) is 2.54. The van der Waals surface area contributed by atoms with Crippen LogP contribution in [0, 0.1) is 0 Å². The molecule has 0 aliphatic heterocycles. The highest BCUT2D eigenvalue weighted by atomic mass is 32.2. The van der Waals surface area contributed by atoms with Crippen molar-refractivity contribution in [1.29, 1.82) is 0 Å². The Morgan fingerprint density at radius 2 is 1.50 bits per heavy atom. The summed E-state index contributed by atoms with van der Waals surface area (Å²) in [5.41, 5.74) is 1.95. The van der Waals surface area contributed by atoms with E-state index >= 15 is 0 Å². The number of carbonyl (C=O) groups excluding carboxylic acids is 1. The van der Waals surface area contributed by atoms with E-state index in [4.69, 9.17) is 4.55 Å². The SMILES string of the molecule is O=C(c1ccccc1)c1ccc(CS(=O)O)cc1. The first-order chi connectivity index (χ1) is 8.66. The highest BCUT2D eigenvalue weighted by Crippen LogP contribution is 2.11. The van der Waals surface area contributed by atoms with E-state index in [-0.39, 0.29) is 11.5 Å². The summed E-state index contributed by atoms with van der Waals surface area (Å²) in [6, 6.07) is 15.8. The van der Waals surface area contributed by atoms with Crippen LogP contribution < -0.4 is 0 Å². The largest absolute Gasteiger partial charge is 0.306 e. The fourth-order valence-electron chi connectivity index (χ4n) is 1.65. The van der Waals surface area contributed by atoms with Gasteiger partial charge in [-0.1, -0.05) is 54.6 Å². The molecule has 18 heavy (non-hydrogen) atoms. The maximum Gasteiger partial charge on any atom is 0.193 e. The van der Waals surface area contributed by atoms with Gasteiger partial charge in [-0.2, -0.15) is 0 Å². The summed E-state index contributed by atoms with van der Waals surface area (Å²) in [6.07, 6.45) is 0. The lowest BCUT2D eigenvalue weighted by molar-refractivity contribution is 0.103. The standard InChI is InChI=1S/C14H12O3S/c15-14(12-4-2-1-3-5-12)13-8-6-11(7-9-13)10-18(16)17/h1-9H,10H2,(H,16,17). The Morgan fingerprint density at radius 3 is 2.06 bits per heavy atom. The molecule has 0 saturated carbocycles. The molecule has 2 aromatic rings. The first-order valence-corrected chi connectivity index (χ1v) is 6.70. The molecule has 0 bridgehead atoms. The van der Waals surface area contributed by atoms with Gasteiger partial charge in [0.25, 0.3) is 0 Å². The molecule has 0 aromatic heterocycles. The van der Waals surface area contributed by atoms with Gasteiger partial charge >= 0.3 is 0 Å². The minimum absolute atomic E-state index is 0.0488. The molecule has 0 fully saturated rings. The fourth-order valence-corrected chi connectivity index (χ4v) is 2.13. The number of carbonyl (C=O) groups is 1. The van der Waals surface area contributed by atoms with Crippen LogP contribution in [0.4, 0.5) is 0 Å². The third-order valence-corrected chi connectivity index (χ3v) is 3.12. The Labute approximate surface area is 108 Å². The van der Waals surface area contributed by atoms with E-state index in [2.05, 4.69) is 0 Å².